The van der Waals surface area contributed by atoms with Crippen molar-refractivity contribution in [3.05, 3.63) is 62.9 Å². The maximum atomic E-state index is 12.6. The molecule has 0 aliphatic carbocycles. The lowest BCUT2D eigenvalue weighted by Gasteiger charge is -2.11. The number of ether oxygens (including phenoxy) is 1. The van der Waals surface area contributed by atoms with Gasteiger partial charge in [0.05, 0.1) is 16.8 Å². The molecule has 1 aromatic carbocycles. The van der Waals surface area contributed by atoms with Crippen LogP contribution in [0, 0.1) is 25.2 Å². The van der Waals surface area contributed by atoms with E-state index in [0.29, 0.717) is 28.5 Å². The van der Waals surface area contributed by atoms with Gasteiger partial charge in [-0.2, -0.15) is 5.26 Å². The number of benzene rings is 1. The Bertz CT molecular complexity index is 1070. The fourth-order valence-corrected chi connectivity index (χ4v) is 4.44. The number of aromatic nitrogens is 1. The molecule has 4 rings (SSSR count). The summed E-state index contributed by atoms with van der Waals surface area (Å²) >= 11 is 1.47. The summed E-state index contributed by atoms with van der Waals surface area (Å²) in [6, 6.07) is 9.16. The van der Waals surface area contributed by atoms with Crippen LogP contribution in [0.4, 0.5) is 5.00 Å². The lowest BCUT2D eigenvalue weighted by Crippen LogP contribution is -2.22. The molecule has 0 saturated carbocycles. The monoisotopic (exact) mass is 408 g/mol. The normalized spacial score (nSPS) is 12.9. The van der Waals surface area contributed by atoms with E-state index in [1.807, 2.05) is 13.8 Å². The van der Waals surface area contributed by atoms with Gasteiger partial charge >= 0.3 is 0 Å². The van der Waals surface area contributed by atoms with E-state index in [9.17, 15) is 10.1 Å². The molecule has 8 heteroatoms. The predicted molar refractivity (Wildman–Crippen MR) is 109 cm³/mol. The Labute approximate surface area is 172 Å². The van der Waals surface area contributed by atoms with Gasteiger partial charge in [-0.05, 0) is 56.6 Å². The van der Waals surface area contributed by atoms with Crippen molar-refractivity contribution in [1.82, 2.24) is 10.5 Å². The average Bonchev–Trinajstić information content (AvgIpc) is 3.25. The maximum absolute atomic E-state index is 12.6. The molecule has 0 spiro atoms. The first-order valence-corrected chi connectivity index (χ1v) is 10.1. The Morgan fingerprint density at radius 1 is 1.38 bits per heavy atom. The minimum absolute atomic E-state index is 0.245. The molecule has 148 valence electrons. The highest BCUT2D eigenvalue weighted by atomic mass is 32.1. The number of nitrogens with zero attached hydrogens (tertiary/aromatic N) is 2. The number of anilines is 1. The first-order valence-electron chi connectivity index (χ1n) is 9.28. The highest BCUT2D eigenvalue weighted by Crippen LogP contribution is 2.35. The van der Waals surface area contributed by atoms with Gasteiger partial charge in [0.2, 0.25) is 0 Å². The number of thiophene rings is 1. The van der Waals surface area contributed by atoms with Crippen LogP contribution < -0.4 is 15.4 Å². The summed E-state index contributed by atoms with van der Waals surface area (Å²) in [6.07, 6.45) is 0.807. The number of nitriles is 1. The zero-order valence-electron chi connectivity index (χ0n) is 16.2. The van der Waals surface area contributed by atoms with Crippen LogP contribution in [0.3, 0.4) is 0 Å². The zero-order chi connectivity index (χ0) is 20.4. The summed E-state index contributed by atoms with van der Waals surface area (Å²) in [5.74, 6) is 1.14. The minimum atomic E-state index is -0.245. The third-order valence-electron chi connectivity index (χ3n) is 4.95. The van der Waals surface area contributed by atoms with Crippen LogP contribution in [-0.4, -0.2) is 17.6 Å². The molecule has 7 nitrogen and oxygen atoms in total. The van der Waals surface area contributed by atoms with Crippen molar-refractivity contribution >= 4 is 22.2 Å². The Kier molecular flexibility index (Phi) is 5.34. The van der Waals surface area contributed by atoms with E-state index < -0.39 is 0 Å². The molecule has 29 heavy (non-hydrogen) atoms. The fraction of sp³-hybridized carbons (Fsp3) is 0.286. The number of aryl methyl sites for hydroxylation is 2. The fourth-order valence-electron chi connectivity index (χ4n) is 3.28. The van der Waals surface area contributed by atoms with Crippen molar-refractivity contribution < 1.29 is 14.1 Å². The largest absolute Gasteiger partial charge is 0.489 e. The van der Waals surface area contributed by atoms with Gasteiger partial charge in [-0.1, -0.05) is 5.16 Å². The molecule has 1 aliphatic rings. The SMILES string of the molecule is Cc1noc(C)c1COc1ccc(C(=O)Nc2sc3c(c2C#N)CCNC3)cc1. The van der Waals surface area contributed by atoms with E-state index >= 15 is 0 Å². The smallest absolute Gasteiger partial charge is 0.256 e. The van der Waals surface area contributed by atoms with Gasteiger partial charge in [-0.3, -0.25) is 4.79 Å². The standard InChI is InChI=1S/C21H20N4O3S/c1-12-18(13(2)28-25-12)11-27-15-5-3-14(4-6-15)20(26)24-21-17(9-22)16-7-8-23-10-19(16)29-21/h3-6,23H,7-8,10-11H2,1-2H3,(H,24,26). The summed E-state index contributed by atoms with van der Waals surface area (Å²) < 4.78 is 10.9. The van der Waals surface area contributed by atoms with Crippen LogP contribution in [-0.2, 0) is 19.6 Å². The van der Waals surface area contributed by atoms with Gasteiger partial charge in [0.25, 0.3) is 5.91 Å². The van der Waals surface area contributed by atoms with Gasteiger partial charge in [0, 0.05) is 17.0 Å². The van der Waals surface area contributed by atoms with Crippen molar-refractivity contribution in [3.8, 4) is 11.8 Å². The quantitative estimate of drug-likeness (QED) is 0.668. The lowest BCUT2D eigenvalue weighted by molar-refractivity contribution is 0.102. The molecule has 0 bridgehead atoms. The van der Waals surface area contributed by atoms with E-state index in [1.54, 1.807) is 24.3 Å². The number of hydrogen-bond donors (Lipinski definition) is 2. The summed E-state index contributed by atoms with van der Waals surface area (Å²) in [5, 5.41) is 20.2. The Hall–Kier alpha value is -3.15. The summed E-state index contributed by atoms with van der Waals surface area (Å²) in [6.45, 7) is 5.66. The van der Waals surface area contributed by atoms with Crippen molar-refractivity contribution in [2.75, 3.05) is 11.9 Å². The molecule has 0 radical (unpaired) electrons. The van der Waals surface area contributed by atoms with Crippen LogP contribution in [0.2, 0.25) is 0 Å². The van der Waals surface area contributed by atoms with Crippen LogP contribution >= 0.6 is 11.3 Å². The van der Waals surface area contributed by atoms with Crippen LogP contribution in [0.15, 0.2) is 28.8 Å². The highest BCUT2D eigenvalue weighted by molar-refractivity contribution is 7.16. The van der Waals surface area contributed by atoms with Crippen molar-refractivity contribution in [3.63, 3.8) is 0 Å². The minimum Gasteiger partial charge on any atom is -0.489 e. The van der Waals surface area contributed by atoms with E-state index in [0.717, 1.165) is 47.0 Å². The molecule has 3 heterocycles. The van der Waals surface area contributed by atoms with E-state index in [4.69, 9.17) is 9.26 Å². The predicted octanol–water partition coefficient (Wildman–Crippen LogP) is 3.70. The number of amides is 1. The number of carbonyl (C=O) groups is 1. The topological polar surface area (TPSA) is 100 Å². The second-order valence-corrected chi connectivity index (χ2v) is 7.92. The van der Waals surface area contributed by atoms with Crippen molar-refractivity contribution in [2.45, 2.75) is 33.4 Å². The summed E-state index contributed by atoms with van der Waals surface area (Å²) in [4.78, 5) is 13.8. The first-order chi connectivity index (χ1) is 14.1. The number of fused-ring (bicyclic) bond motifs is 1. The van der Waals surface area contributed by atoms with Crippen molar-refractivity contribution in [2.24, 2.45) is 0 Å². The number of nitrogens with one attached hydrogen (secondary N) is 2. The second-order valence-electron chi connectivity index (χ2n) is 6.82. The molecule has 2 N–H and O–H groups in total. The van der Waals surface area contributed by atoms with Crippen molar-refractivity contribution in [1.29, 1.82) is 5.26 Å². The molecule has 1 amide bonds. The molecule has 1 aliphatic heterocycles. The first kappa shape index (κ1) is 19.2. The number of carbonyl (C=O) groups excluding carboxylic acids is 1. The van der Waals surface area contributed by atoms with E-state index in [-0.39, 0.29) is 5.91 Å². The Balaban J connectivity index is 1.44. The second kappa shape index (κ2) is 8.07. The molecule has 0 saturated heterocycles. The number of hydrogen-bond acceptors (Lipinski definition) is 7. The van der Waals surface area contributed by atoms with Crippen LogP contribution in [0.1, 0.15) is 43.4 Å². The molecule has 0 unspecified atom stereocenters. The molecular formula is C21H20N4O3S. The third kappa shape index (κ3) is 3.88. The number of rotatable bonds is 5. The summed E-state index contributed by atoms with van der Waals surface area (Å²) in [5.41, 5.74) is 3.87. The lowest BCUT2D eigenvalue weighted by atomic mass is 10.0. The van der Waals surface area contributed by atoms with Gasteiger partial charge in [-0.25, -0.2) is 0 Å². The molecule has 2 aromatic heterocycles. The molecular weight excluding hydrogens is 388 g/mol. The average molecular weight is 408 g/mol. The molecule has 3 aromatic rings. The van der Waals surface area contributed by atoms with E-state index in [2.05, 4.69) is 21.9 Å². The zero-order valence-corrected chi connectivity index (χ0v) is 17.0. The highest BCUT2D eigenvalue weighted by Gasteiger charge is 2.22. The molecule has 0 atom stereocenters. The Morgan fingerprint density at radius 2 is 2.17 bits per heavy atom. The van der Waals surface area contributed by atoms with Crippen LogP contribution in [0.25, 0.3) is 0 Å². The van der Waals surface area contributed by atoms with Crippen LogP contribution in [0.5, 0.6) is 5.75 Å². The van der Waals surface area contributed by atoms with Gasteiger partial charge in [-0.15, -0.1) is 11.3 Å². The third-order valence-corrected chi connectivity index (χ3v) is 6.10. The molecule has 0 fully saturated rings. The maximum Gasteiger partial charge on any atom is 0.256 e. The van der Waals surface area contributed by atoms with Gasteiger partial charge < -0.3 is 19.9 Å². The van der Waals surface area contributed by atoms with Gasteiger partial charge in [0.15, 0.2) is 0 Å². The van der Waals surface area contributed by atoms with Gasteiger partial charge in [0.1, 0.15) is 29.2 Å². The van der Waals surface area contributed by atoms with E-state index in [1.165, 1.54) is 11.3 Å². The Morgan fingerprint density at radius 3 is 2.86 bits per heavy atom. The summed E-state index contributed by atoms with van der Waals surface area (Å²) in [7, 11) is 0.